The fourth-order valence-corrected chi connectivity index (χ4v) is 7.69. The van der Waals surface area contributed by atoms with Crippen LogP contribution in [0, 0.1) is 29.1 Å². The molecule has 4 aliphatic carbocycles. The van der Waals surface area contributed by atoms with Crippen molar-refractivity contribution in [1.82, 2.24) is 0 Å². The van der Waals surface area contributed by atoms with Gasteiger partial charge in [0, 0.05) is 6.61 Å². The molecule has 0 amide bonds. The molecular formula is C23H36O2. The highest BCUT2D eigenvalue weighted by Gasteiger charge is 2.62. The molecular weight excluding hydrogens is 308 g/mol. The molecule has 0 aromatic carbocycles. The van der Waals surface area contributed by atoms with Crippen molar-refractivity contribution in [1.29, 1.82) is 0 Å². The first kappa shape index (κ1) is 16.8. The predicted molar refractivity (Wildman–Crippen MR) is 100 cm³/mol. The van der Waals surface area contributed by atoms with Crippen molar-refractivity contribution in [2.45, 2.75) is 95.9 Å². The van der Waals surface area contributed by atoms with Crippen molar-refractivity contribution in [2.24, 2.45) is 29.1 Å². The number of rotatable bonds is 2. The van der Waals surface area contributed by atoms with Crippen molar-refractivity contribution in [3.63, 3.8) is 0 Å². The highest BCUT2D eigenvalue weighted by atomic mass is 16.7. The summed E-state index contributed by atoms with van der Waals surface area (Å²) in [5.41, 5.74) is 0.653. The third-order valence-electron chi connectivity index (χ3n) is 8.86. The molecule has 0 aromatic heterocycles. The molecule has 1 aliphatic heterocycles. The van der Waals surface area contributed by atoms with Crippen molar-refractivity contribution < 1.29 is 9.47 Å². The zero-order valence-corrected chi connectivity index (χ0v) is 16.1. The average molecular weight is 345 g/mol. The molecule has 0 radical (unpaired) electrons. The summed E-state index contributed by atoms with van der Waals surface area (Å²) in [7, 11) is 0. The quantitative estimate of drug-likeness (QED) is 0.584. The van der Waals surface area contributed by atoms with Gasteiger partial charge in [0.1, 0.15) is 0 Å². The minimum Gasteiger partial charge on any atom is -0.353 e. The van der Waals surface area contributed by atoms with Gasteiger partial charge in [-0.2, -0.15) is 0 Å². The summed E-state index contributed by atoms with van der Waals surface area (Å²) < 4.78 is 13.2. The predicted octanol–water partition coefficient (Wildman–Crippen LogP) is 5.86. The maximum Gasteiger partial charge on any atom is 0.158 e. The van der Waals surface area contributed by atoms with Crippen LogP contribution in [0.5, 0.6) is 0 Å². The minimum absolute atomic E-state index is 0.0786. The molecule has 25 heavy (non-hydrogen) atoms. The molecule has 7 atom stereocenters. The molecule has 0 spiro atoms. The Kier molecular flexibility index (Phi) is 4.28. The zero-order chi connectivity index (χ0) is 16.9. The second kappa shape index (κ2) is 6.37. The van der Waals surface area contributed by atoms with Gasteiger partial charge < -0.3 is 9.47 Å². The molecule has 2 nitrogen and oxygen atoms in total. The maximum atomic E-state index is 7.11. The van der Waals surface area contributed by atoms with E-state index in [1.807, 2.05) is 0 Å². The van der Waals surface area contributed by atoms with E-state index in [4.69, 9.17) is 9.47 Å². The molecule has 2 heteroatoms. The Hall–Kier alpha value is -0.340. The van der Waals surface area contributed by atoms with Gasteiger partial charge in [-0.15, -0.1) is 0 Å². The molecule has 3 saturated carbocycles. The lowest BCUT2D eigenvalue weighted by Crippen LogP contribution is -2.61. The summed E-state index contributed by atoms with van der Waals surface area (Å²) in [5, 5.41) is 0. The zero-order valence-electron chi connectivity index (χ0n) is 16.1. The Bertz CT molecular complexity index is 522. The van der Waals surface area contributed by atoms with Crippen LogP contribution in [0.4, 0.5) is 0 Å². The molecule has 0 aromatic rings. The van der Waals surface area contributed by atoms with Crippen molar-refractivity contribution >= 4 is 0 Å². The second-order valence-electron chi connectivity index (χ2n) is 10.0. The standard InChI is InChI=1S/C23H36O2/c1-22-13-6-9-20(22)23(25-21-10-4-5-16-24-21)15-11-17-7-2-3-8-18(17)19(23)12-14-22/h2-3,17-21H,4-16H2,1H3/t17-,18+,19-,20-,21?,22+,23?/m1/s1. The monoisotopic (exact) mass is 344 g/mol. The molecule has 140 valence electrons. The number of hydrogen-bond donors (Lipinski definition) is 0. The van der Waals surface area contributed by atoms with Gasteiger partial charge in [-0.3, -0.25) is 0 Å². The summed E-state index contributed by atoms with van der Waals surface area (Å²) in [6.07, 6.45) is 21.0. The van der Waals surface area contributed by atoms with Crippen LogP contribution in [0.2, 0.25) is 0 Å². The molecule has 0 N–H and O–H groups in total. The van der Waals surface area contributed by atoms with Crippen LogP contribution in [-0.2, 0) is 9.47 Å². The third kappa shape index (κ3) is 2.65. The summed E-state index contributed by atoms with van der Waals surface area (Å²) in [4.78, 5) is 0. The smallest absolute Gasteiger partial charge is 0.158 e. The molecule has 4 fully saturated rings. The van der Waals surface area contributed by atoms with Crippen LogP contribution in [0.1, 0.15) is 84.0 Å². The Labute approximate surface area is 153 Å². The van der Waals surface area contributed by atoms with E-state index in [-0.39, 0.29) is 11.9 Å². The number of fused-ring (bicyclic) bond motifs is 5. The van der Waals surface area contributed by atoms with E-state index >= 15 is 0 Å². The summed E-state index contributed by atoms with van der Waals surface area (Å²) in [5.74, 6) is 3.34. The van der Waals surface area contributed by atoms with Gasteiger partial charge in [-0.05, 0) is 99.7 Å². The molecule has 1 saturated heterocycles. The van der Waals surface area contributed by atoms with Gasteiger partial charge >= 0.3 is 0 Å². The highest BCUT2D eigenvalue weighted by Crippen LogP contribution is 2.65. The van der Waals surface area contributed by atoms with E-state index in [9.17, 15) is 0 Å². The van der Waals surface area contributed by atoms with Gasteiger partial charge in [-0.25, -0.2) is 0 Å². The fraction of sp³-hybridized carbons (Fsp3) is 0.913. The maximum absolute atomic E-state index is 7.11. The summed E-state index contributed by atoms with van der Waals surface area (Å²) in [6, 6.07) is 0. The molecule has 1 heterocycles. The summed E-state index contributed by atoms with van der Waals surface area (Å²) >= 11 is 0. The number of allylic oxidation sites excluding steroid dienone is 2. The molecule has 5 aliphatic rings. The largest absolute Gasteiger partial charge is 0.353 e. The third-order valence-corrected chi connectivity index (χ3v) is 8.86. The SMILES string of the molecule is C[C@@]12CCC[C@H]1C1(OC3CCCCO3)CC[C@H]3CC=CC[C@@H]3[C@H]1CC2. The normalized spacial score (nSPS) is 52.3. The number of hydrogen-bond acceptors (Lipinski definition) is 2. The first-order valence-corrected chi connectivity index (χ1v) is 11.2. The van der Waals surface area contributed by atoms with Crippen LogP contribution < -0.4 is 0 Å². The van der Waals surface area contributed by atoms with Crippen molar-refractivity contribution in [2.75, 3.05) is 6.61 Å². The first-order valence-electron chi connectivity index (χ1n) is 11.2. The van der Waals surface area contributed by atoms with Crippen molar-refractivity contribution in [3.05, 3.63) is 12.2 Å². The second-order valence-corrected chi connectivity index (χ2v) is 10.0. The summed E-state index contributed by atoms with van der Waals surface area (Å²) in [6.45, 7) is 3.49. The Morgan fingerprint density at radius 1 is 0.920 bits per heavy atom. The van der Waals surface area contributed by atoms with Crippen LogP contribution in [0.25, 0.3) is 0 Å². The highest BCUT2D eigenvalue weighted by molar-refractivity contribution is 5.14. The topological polar surface area (TPSA) is 18.5 Å². The lowest BCUT2D eigenvalue weighted by molar-refractivity contribution is -0.296. The van der Waals surface area contributed by atoms with Crippen molar-refractivity contribution in [3.8, 4) is 0 Å². The van der Waals surface area contributed by atoms with Gasteiger partial charge in [0.2, 0.25) is 0 Å². The molecule has 0 bridgehead atoms. The van der Waals surface area contributed by atoms with Gasteiger partial charge in [0.15, 0.2) is 6.29 Å². The van der Waals surface area contributed by atoms with Crippen LogP contribution >= 0.6 is 0 Å². The van der Waals surface area contributed by atoms with E-state index in [2.05, 4.69) is 19.1 Å². The van der Waals surface area contributed by atoms with E-state index in [0.29, 0.717) is 5.41 Å². The Balaban J connectivity index is 1.49. The van der Waals surface area contributed by atoms with Gasteiger partial charge in [0.25, 0.3) is 0 Å². The van der Waals surface area contributed by atoms with Crippen LogP contribution in [0.3, 0.4) is 0 Å². The molecule has 5 rings (SSSR count). The van der Waals surface area contributed by atoms with E-state index < -0.39 is 0 Å². The lowest BCUT2D eigenvalue weighted by Gasteiger charge is -2.61. The van der Waals surface area contributed by atoms with Crippen LogP contribution in [-0.4, -0.2) is 18.5 Å². The van der Waals surface area contributed by atoms with Crippen LogP contribution in [0.15, 0.2) is 12.2 Å². The lowest BCUT2D eigenvalue weighted by atomic mass is 9.49. The van der Waals surface area contributed by atoms with E-state index in [0.717, 1.165) is 36.7 Å². The average Bonchev–Trinajstić information content (AvgIpc) is 3.05. The van der Waals surface area contributed by atoms with Gasteiger partial charge in [-0.1, -0.05) is 25.5 Å². The van der Waals surface area contributed by atoms with E-state index in [1.165, 1.54) is 70.6 Å². The Morgan fingerprint density at radius 3 is 2.72 bits per heavy atom. The first-order chi connectivity index (χ1) is 12.2. The Morgan fingerprint density at radius 2 is 1.84 bits per heavy atom. The fourth-order valence-electron chi connectivity index (χ4n) is 7.69. The van der Waals surface area contributed by atoms with E-state index in [1.54, 1.807) is 0 Å². The number of ether oxygens (including phenoxy) is 2. The molecule has 2 unspecified atom stereocenters. The van der Waals surface area contributed by atoms with Gasteiger partial charge in [0.05, 0.1) is 5.60 Å². The minimum atomic E-state index is 0.0786.